The summed E-state index contributed by atoms with van der Waals surface area (Å²) >= 11 is 0. The summed E-state index contributed by atoms with van der Waals surface area (Å²) < 4.78 is 5.55. The predicted octanol–water partition coefficient (Wildman–Crippen LogP) is 8.95. The molecule has 8 aromatic carbocycles. The van der Waals surface area contributed by atoms with Crippen LogP contribution in [0.3, 0.4) is 0 Å². The second-order valence-electron chi connectivity index (χ2n) is 9.36. The Kier molecular flexibility index (Phi) is 3.08. The van der Waals surface area contributed by atoms with E-state index in [0.717, 1.165) is 5.75 Å². The Hall–Kier alpha value is -4.10. The van der Waals surface area contributed by atoms with E-state index in [4.69, 9.17) is 4.74 Å². The predicted molar refractivity (Wildman–Crippen MR) is 143 cm³/mol. The quantitative estimate of drug-likeness (QED) is 0.241. The van der Waals surface area contributed by atoms with Crippen molar-refractivity contribution >= 4 is 75.4 Å². The summed E-state index contributed by atoms with van der Waals surface area (Å²) in [6.45, 7) is 2.18. The molecule has 1 nitrogen and oxygen atoms in total. The Labute approximate surface area is 190 Å². The fourth-order valence-corrected chi connectivity index (χ4v) is 6.27. The molecule has 0 aliphatic rings. The van der Waals surface area contributed by atoms with Gasteiger partial charge >= 0.3 is 0 Å². The third-order valence-electron chi connectivity index (χ3n) is 7.68. The molecule has 1 heteroatoms. The number of hydrogen-bond acceptors (Lipinski definition) is 1. The molecule has 33 heavy (non-hydrogen) atoms. The maximum atomic E-state index is 5.55. The van der Waals surface area contributed by atoms with Crippen molar-refractivity contribution in [1.82, 2.24) is 0 Å². The molecular formula is C32H20O. The van der Waals surface area contributed by atoms with Gasteiger partial charge in [-0.15, -0.1) is 0 Å². The van der Waals surface area contributed by atoms with E-state index in [-0.39, 0.29) is 0 Å². The van der Waals surface area contributed by atoms with Gasteiger partial charge in [0.25, 0.3) is 0 Å². The van der Waals surface area contributed by atoms with Gasteiger partial charge in [0.05, 0.1) is 7.11 Å². The number of rotatable bonds is 1. The number of benzene rings is 6. The van der Waals surface area contributed by atoms with Crippen LogP contribution in [-0.4, -0.2) is 7.11 Å². The Morgan fingerprint density at radius 1 is 0.424 bits per heavy atom. The van der Waals surface area contributed by atoms with Gasteiger partial charge in [0.2, 0.25) is 0 Å². The summed E-state index contributed by atoms with van der Waals surface area (Å²) in [5.41, 5.74) is 1.31. The molecule has 0 spiro atoms. The maximum Gasteiger partial charge on any atom is 0.119 e. The first kappa shape index (κ1) is 17.5. The van der Waals surface area contributed by atoms with Crippen LogP contribution >= 0.6 is 0 Å². The highest BCUT2D eigenvalue weighted by Gasteiger charge is 2.19. The molecule has 0 saturated heterocycles. The lowest BCUT2D eigenvalue weighted by Gasteiger charge is -2.10. The van der Waals surface area contributed by atoms with Gasteiger partial charge in [-0.05, 0) is 107 Å². The Balaban J connectivity index is 1.68. The molecule has 8 rings (SSSR count). The molecule has 0 atom stereocenters. The molecule has 0 unspecified atom stereocenters. The number of ether oxygens (including phenoxy) is 1. The minimum atomic E-state index is 0.904. The van der Waals surface area contributed by atoms with E-state index < -0.39 is 0 Å². The zero-order valence-corrected chi connectivity index (χ0v) is 18.5. The fourth-order valence-electron chi connectivity index (χ4n) is 6.27. The monoisotopic (exact) mass is 420 g/mol. The molecule has 0 aliphatic carbocycles. The number of fused-ring (bicyclic) bond motifs is 9. The molecule has 0 N–H and O–H groups in total. The Morgan fingerprint density at radius 2 is 0.909 bits per heavy atom. The van der Waals surface area contributed by atoms with Crippen LogP contribution in [0.15, 0.2) is 84.9 Å². The van der Waals surface area contributed by atoms with Gasteiger partial charge in [0.1, 0.15) is 5.75 Å². The van der Waals surface area contributed by atoms with E-state index in [2.05, 4.69) is 91.9 Å². The summed E-state index contributed by atoms with van der Waals surface area (Å²) in [5.74, 6) is 0.904. The normalized spacial score (nSPS) is 12.5. The molecule has 0 saturated carbocycles. The minimum Gasteiger partial charge on any atom is -0.497 e. The number of aryl methyl sites for hydroxylation is 1. The van der Waals surface area contributed by atoms with E-state index in [1.54, 1.807) is 7.11 Å². The van der Waals surface area contributed by atoms with Crippen molar-refractivity contribution < 1.29 is 4.74 Å². The first-order valence-corrected chi connectivity index (χ1v) is 11.5. The SMILES string of the molecule is COc1ccc2c(c1)c1cccc3c4cc5c6ccc(C)cc6c6cccc(c4cc2c13)c65. The van der Waals surface area contributed by atoms with E-state index in [9.17, 15) is 0 Å². The first-order chi connectivity index (χ1) is 16.2. The van der Waals surface area contributed by atoms with E-state index >= 15 is 0 Å². The van der Waals surface area contributed by atoms with Crippen molar-refractivity contribution in [3.63, 3.8) is 0 Å². The number of methoxy groups -OCH3 is 1. The van der Waals surface area contributed by atoms with Crippen LogP contribution in [0.4, 0.5) is 0 Å². The van der Waals surface area contributed by atoms with E-state index in [0.29, 0.717) is 0 Å². The fraction of sp³-hybridized carbons (Fsp3) is 0.0625. The zero-order valence-electron chi connectivity index (χ0n) is 18.5. The van der Waals surface area contributed by atoms with Crippen LogP contribution in [0.2, 0.25) is 0 Å². The van der Waals surface area contributed by atoms with Crippen molar-refractivity contribution in [2.75, 3.05) is 7.11 Å². The van der Waals surface area contributed by atoms with E-state index in [1.807, 2.05) is 0 Å². The van der Waals surface area contributed by atoms with Crippen molar-refractivity contribution in [3.05, 3.63) is 90.5 Å². The molecule has 154 valence electrons. The van der Waals surface area contributed by atoms with Gasteiger partial charge < -0.3 is 4.74 Å². The highest BCUT2D eigenvalue weighted by molar-refractivity contribution is 6.40. The van der Waals surface area contributed by atoms with Crippen LogP contribution in [0.25, 0.3) is 75.4 Å². The van der Waals surface area contributed by atoms with Gasteiger partial charge in [-0.3, -0.25) is 0 Å². The molecule has 8 aromatic rings. The molecule has 0 fully saturated rings. The molecule has 0 aromatic heterocycles. The van der Waals surface area contributed by atoms with Gasteiger partial charge in [0, 0.05) is 0 Å². The van der Waals surface area contributed by atoms with E-state index in [1.165, 1.54) is 81.0 Å². The smallest absolute Gasteiger partial charge is 0.119 e. The molecule has 0 bridgehead atoms. The molecular weight excluding hydrogens is 400 g/mol. The average Bonchev–Trinajstić information content (AvgIpc) is 3.34. The Bertz CT molecular complexity index is 2060. The lowest BCUT2D eigenvalue weighted by molar-refractivity contribution is 0.415. The summed E-state index contributed by atoms with van der Waals surface area (Å²) in [6, 6.07) is 31.8. The van der Waals surface area contributed by atoms with Crippen molar-refractivity contribution in [2.45, 2.75) is 6.92 Å². The lowest BCUT2D eigenvalue weighted by Crippen LogP contribution is -1.82. The molecule has 0 aliphatic heterocycles. The van der Waals surface area contributed by atoms with Crippen molar-refractivity contribution in [1.29, 1.82) is 0 Å². The van der Waals surface area contributed by atoms with Gasteiger partial charge in [-0.25, -0.2) is 0 Å². The average molecular weight is 421 g/mol. The molecule has 0 amide bonds. The summed E-state index contributed by atoms with van der Waals surface area (Å²) in [6.07, 6.45) is 0. The van der Waals surface area contributed by atoms with Crippen LogP contribution in [-0.2, 0) is 0 Å². The van der Waals surface area contributed by atoms with Gasteiger partial charge in [-0.2, -0.15) is 0 Å². The highest BCUT2D eigenvalue weighted by atomic mass is 16.5. The summed E-state index contributed by atoms with van der Waals surface area (Å²) in [7, 11) is 1.74. The van der Waals surface area contributed by atoms with Gasteiger partial charge in [0.15, 0.2) is 0 Å². The highest BCUT2D eigenvalue weighted by Crippen LogP contribution is 2.47. The molecule has 0 radical (unpaired) electrons. The van der Waals surface area contributed by atoms with Crippen LogP contribution < -0.4 is 4.74 Å². The molecule has 0 heterocycles. The first-order valence-electron chi connectivity index (χ1n) is 11.5. The third kappa shape index (κ3) is 2.04. The largest absolute Gasteiger partial charge is 0.497 e. The second kappa shape index (κ2) is 5.82. The minimum absolute atomic E-state index is 0.904. The standard InChI is InChI=1S/C32H20O/c1-17-9-11-19-25(13-17)21-5-3-7-23-28-16-30-20-12-10-18(33-2)14-26(20)22-6-4-8-24(32(22)30)27(28)15-29(19)31(21)23/h3-16H,1-2H3. The third-order valence-corrected chi connectivity index (χ3v) is 7.68. The number of hydrogen-bond donors (Lipinski definition) is 0. The van der Waals surface area contributed by atoms with Crippen LogP contribution in [0, 0.1) is 6.92 Å². The lowest BCUT2D eigenvalue weighted by atomic mass is 9.93. The summed E-state index contributed by atoms with van der Waals surface area (Å²) in [4.78, 5) is 0. The zero-order chi connectivity index (χ0) is 21.8. The van der Waals surface area contributed by atoms with Crippen molar-refractivity contribution in [2.24, 2.45) is 0 Å². The van der Waals surface area contributed by atoms with Crippen LogP contribution in [0.1, 0.15) is 5.56 Å². The Morgan fingerprint density at radius 3 is 1.45 bits per heavy atom. The van der Waals surface area contributed by atoms with Gasteiger partial charge in [-0.1, -0.05) is 66.2 Å². The maximum absolute atomic E-state index is 5.55. The van der Waals surface area contributed by atoms with Crippen LogP contribution in [0.5, 0.6) is 5.75 Å². The second-order valence-corrected chi connectivity index (χ2v) is 9.36. The summed E-state index contributed by atoms with van der Waals surface area (Å²) in [5, 5.41) is 18.7. The van der Waals surface area contributed by atoms with Crippen molar-refractivity contribution in [3.8, 4) is 5.75 Å². The topological polar surface area (TPSA) is 9.23 Å².